The molecule has 2 fully saturated rings. The normalized spacial score (nSPS) is 26.7. The number of piperidine rings is 1. The van der Waals surface area contributed by atoms with Gasteiger partial charge in [0.15, 0.2) is 11.2 Å². The molecule has 1 aromatic carbocycles. The van der Waals surface area contributed by atoms with Crippen molar-refractivity contribution in [3.63, 3.8) is 0 Å². The third-order valence-electron chi connectivity index (χ3n) is 7.12. The Morgan fingerprint density at radius 1 is 1.10 bits per heavy atom. The van der Waals surface area contributed by atoms with Gasteiger partial charge in [-0.3, -0.25) is 14.3 Å². The van der Waals surface area contributed by atoms with Crippen molar-refractivity contribution < 1.29 is 5.11 Å². The van der Waals surface area contributed by atoms with Gasteiger partial charge in [0, 0.05) is 32.6 Å². The molecule has 0 bridgehead atoms. The summed E-state index contributed by atoms with van der Waals surface area (Å²) in [5, 5.41) is 11.8. The molecule has 0 unspecified atom stereocenters. The van der Waals surface area contributed by atoms with Crippen LogP contribution in [0.5, 0.6) is 0 Å². The van der Waals surface area contributed by atoms with Crippen LogP contribution in [0, 0.1) is 5.92 Å². The molecule has 3 atom stereocenters. The summed E-state index contributed by atoms with van der Waals surface area (Å²) in [5.74, 6) is 0.771. The van der Waals surface area contributed by atoms with Crippen LogP contribution in [-0.4, -0.2) is 36.8 Å². The molecule has 8 heteroatoms. The lowest BCUT2D eigenvalue weighted by Crippen LogP contribution is -2.58. The van der Waals surface area contributed by atoms with E-state index in [4.69, 9.17) is 4.98 Å². The van der Waals surface area contributed by atoms with Crippen LogP contribution >= 0.6 is 0 Å². The molecule has 2 aliphatic rings. The van der Waals surface area contributed by atoms with Crippen LogP contribution in [-0.2, 0) is 19.7 Å². The monoisotopic (exact) mass is 409 g/mol. The summed E-state index contributed by atoms with van der Waals surface area (Å²) >= 11 is 0. The molecule has 1 saturated carbocycles. The number of aromatic amines is 1. The highest BCUT2D eigenvalue weighted by Gasteiger charge is 2.50. The van der Waals surface area contributed by atoms with Crippen molar-refractivity contribution >= 4 is 17.1 Å². The first-order valence-corrected chi connectivity index (χ1v) is 10.6. The number of aromatic nitrogens is 4. The second kappa shape index (κ2) is 6.84. The van der Waals surface area contributed by atoms with Crippen LogP contribution in [0.15, 0.2) is 39.9 Å². The zero-order valence-corrected chi connectivity index (χ0v) is 17.3. The average Bonchev–Trinajstić information content (AvgIpc) is 3.11. The van der Waals surface area contributed by atoms with Gasteiger partial charge in [0.1, 0.15) is 0 Å². The van der Waals surface area contributed by atoms with Crippen LogP contribution in [0.2, 0.25) is 0 Å². The van der Waals surface area contributed by atoms with E-state index in [0.29, 0.717) is 30.1 Å². The number of nitrogens with zero attached hydrogens (tertiary/aromatic N) is 4. The van der Waals surface area contributed by atoms with E-state index in [2.05, 4.69) is 9.88 Å². The quantitative estimate of drug-likeness (QED) is 0.671. The minimum Gasteiger partial charge on any atom is -0.385 e. The van der Waals surface area contributed by atoms with Gasteiger partial charge in [-0.2, -0.15) is 4.98 Å². The van der Waals surface area contributed by atoms with Crippen molar-refractivity contribution in [3.05, 3.63) is 56.7 Å². The number of imidazole rings is 1. The van der Waals surface area contributed by atoms with E-state index in [1.807, 2.05) is 37.4 Å². The minimum atomic E-state index is -0.863. The van der Waals surface area contributed by atoms with Crippen molar-refractivity contribution in [2.45, 2.75) is 43.7 Å². The highest BCUT2D eigenvalue weighted by Crippen LogP contribution is 2.47. The fourth-order valence-electron chi connectivity index (χ4n) is 5.57. The highest BCUT2D eigenvalue weighted by atomic mass is 16.3. The number of anilines is 1. The molecule has 2 aromatic heterocycles. The van der Waals surface area contributed by atoms with Crippen LogP contribution in [0.1, 0.15) is 37.7 Å². The predicted molar refractivity (Wildman–Crippen MR) is 115 cm³/mol. The fraction of sp³-hybridized carbons (Fsp3) is 0.500. The summed E-state index contributed by atoms with van der Waals surface area (Å²) in [5.41, 5.74) is 0.000912. The number of aliphatic hydroxyl groups is 1. The number of aryl methyl sites for hydroxylation is 2. The van der Waals surface area contributed by atoms with Gasteiger partial charge in [0.25, 0.3) is 5.56 Å². The highest BCUT2D eigenvalue weighted by molar-refractivity contribution is 5.74. The maximum atomic E-state index is 12.5. The second-order valence-electron chi connectivity index (χ2n) is 8.65. The van der Waals surface area contributed by atoms with Crippen LogP contribution in [0.3, 0.4) is 0 Å². The molecule has 158 valence electrons. The van der Waals surface area contributed by atoms with Gasteiger partial charge in [-0.25, -0.2) is 4.79 Å². The molecular weight excluding hydrogens is 382 g/mol. The molecule has 3 aromatic rings. The molecule has 3 heterocycles. The van der Waals surface area contributed by atoms with Crippen molar-refractivity contribution in [1.82, 2.24) is 19.1 Å². The number of fused-ring (bicyclic) bond motifs is 2. The third-order valence-corrected chi connectivity index (χ3v) is 7.12. The lowest BCUT2D eigenvalue weighted by molar-refractivity contribution is -0.0693. The zero-order chi connectivity index (χ0) is 21.0. The summed E-state index contributed by atoms with van der Waals surface area (Å²) in [6.07, 6.45) is 4.72. The first-order valence-electron chi connectivity index (χ1n) is 10.6. The number of rotatable bonds is 2. The van der Waals surface area contributed by atoms with Crippen LogP contribution in [0.25, 0.3) is 11.2 Å². The number of nitrogens with one attached hydrogen (secondary N) is 1. The Morgan fingerprint density at radius 2 is 1.83 bits per heavy atom. The molecule has 0 spiro atoms. The summed E-state index contributed by atoms with van der Waals surface area (Å²) < 4.78 is 3.16. The molecule has 1 aliphatic heterocycles. The number of H-pyrrole nitrogens is 1. The number of hydrogen-bond acceptors (Lipinski definition) is 5. The van der Waals surface area contributed by atoms with Crippen molar-refractivity contribution in [2.75, 3.05) is 11.4 Å². The fourth-order valence-corrected chi connectivity index (χ4v) is 5.57. The van der Waals surface area contributed by atoms with Crippen LogP contribution < -0.4 is 16.1 Å². The zero-order valence-electron chi connectivity index (χ0n) is 17.3. The second-order valence-corrected chi connectivity index (χ2v) is 8.65. The lowest BCUT2D eigenvalue weighted by Gasteiger charge is -2.52. The molecule has 0 amide bonds. The van der Waals surface area contributed by atoms with Gasteiger partial charge in [-0.05, 0) is 24.8 Å². The SMILES string of the molecule is Cn1c(N2CC[C@@](O)(c3ccccc3)[C@H]3CCCC[C@H]32)nc2c1c(=O)[nH]c(=O)n2C. The topological polar surface area (TPSA) is 96.2 Å². The smallest absolute Gasteiger partial charge is 0.329 e. The Hall–Kier alpha value is -2.87. The molecule has 2 N–H and O–H groups in total. The van der Waals surface area contributed by atoms with Gasteiger partial charge in [0.2, 0.25) is 5.95 Å². The van der Waals surface area contributed by atoms with E-state index >= 15 is 0 Å². The van der Waals surface area contributed by atoms with E-state index in [0.717, 1.165) is 31.2 Å². The molecule has 1 saturated heterocycles. The number of hydrogen-bond donors (Lipinski definition) is 2. The molecule has 5 rings (SSSR count). The molecular formula is C22H27N5O3. The molecule has 8 nitrogen and oxygen atoms in total. The van der Waals surface area contributed by atoms with Gasteiger partial charge < -0.3 is 14.6 Å². The van der Waals surface area contributed by atoms with Crippen molar-refractivity contribution in [1.29, 1.82) is 0 Å². The van der Waals surface area contributed by atoms with Gasteiger partial charge in [-0.1, -0.05) is 43.2 Å². The van der Waals surface area contributed by atoms with E-state index < -0.39 is 16.9 Å². The summed E-state index contributed by atoms with van der Waals surface area (Å²) in [6.45, 7) is 0.634. The molecule has 1 aliphatic carbocycles. The largest absolute Gasteiger partial charge is 0.385 e. The molecule has 0 radical (unpaired) electrons. The van der Waals surface area contributed by atoms with Gasteiger partial charge >= 0.3 is 5.69 Å². The first-order chi connectivity index (χ1) is 14.4. The summed E-state index contributed by atoms with van der Waals surface area (Å²) in [7, 11) is 3.44. The van der Waals surface area contributed by atoms with Crippen molar-refractivity contribution in [2.24, 2.45) is 20.0 Å². The van der Waals surface area contributed by atoms with Gasteiger partial charge in [-0.15, -0.1) is 0 Å². The Balaban J connectivity index is 1.61. The van der Waals surface area contributed by atoms with Crippen LogP contribution in [0.4, 0.5) is 5.95 Å². The third kappa shape index (κ3) is 2.66. The Labute approximate surface area is 173 Å². The first kappa shape index (κ1) is 19.1. The Bertz CT molecular complexity index is 1210. The lowest BCUT2D eigenvalue weighted by atomic mass is 9.66. The van der Waals surface area contributed by atoms with E-state index in [9.17, 15) is 14.7 Å². The Kier molecular flexibility index (Phi) is 4.36. The summed E-state index contributed by atoms with van der Waals surface area (Å²) in [4.78, 5) is 33.8. The number of benzene rings is 1. The standard InChI is InChI=1S/C22H27N5O3/c1-25-17-18(26(2)21(29)24-19(17)28)23-20(25)27-13-12-22(30,14-8-4-3-5-9-14)15-10-6-7-11-16(15)27/h3-5,8-9,15-16,30H,6-7,10-13H2,1-2H3,(H,24,28,29)/t15-,16+,22+/m0/s1. The van der Waals surface area contributed by atoms with E-state index in [1.165, 1.54) is 4.57 Å². The average molecular weight is 409 g/mol. The molecule has 30 heavy (non-hydrogen) atoms. The maximum absolute atomic E-state index is 12.5. The van der Waals surface area contributed by atoms with Crippen molar-refractivity contribution in [3.8, 4) is 0 Å². The van der Waals surface area contributed by atoms with E-state index in [1.54, 1.807) is 11.6 Å². The minimum absolute atomic E-state index is 0.0873. The Morgan fingerprint density at radius 3 is 2.60 bits per heavy atom. The van der Waals surface area contributed by atoms with Gasteiger partial charge in [0.05, 0.1) is 5.60 Å². The summed E-state index contributed by atoms with van der Waals surface area (Å²) in [6, 6.07) is 10.1. The maximum Gasteiger partial charge on any atom is 0.329 e. The van der Waals surface area contributed by atoms with E-state index in [-0.39, 0.29) is 12.0 Å². The predicted octanol–water partition coefficient (Wildman–Crippen LogP) is 1.62.